The number of benzene rings is 2. The smallest absolute Gasteiger partial charge is 0.335 e. The van der Waals surface area contributed by atoms with Crippen molar-refractivity contribution in [3.63, 3.8) is 0 Å². The Morgan fingerprint density at radius 3 is 2.35 bits per heavy atom. The van der Waals surface area contributed by atoms with Crippen LogP contribution in [0.4, 0.5) is 17.2 Å². The highest BCUT2D eigenvalue weighted by molar-refractivity contribution is 5.88. The zero-order valence-electron chi connectivity index (χ0n) is 14.4. The topological polar surface area (TPSA) is 110 Å². The number of rotatable bonds is 5. The quantitative estimate of drug-likeness (QED) is 0.640. The van der Waals surface area contributed by atoms with Crippen molar-refractivity contribution >= 4 is 23.2 Å². The third-order valence-electron chi connectivity index (χ3n) is 3.65. The Labute approximate surface area is 150 Å². The standard InChI is InChI=1S/C19H18N4O3/c1-11-7-12(2)9-15(8-11)26-18-16(20)17(21-10-22-18)23-14-5-3-13(4-6-14)19(24)25/h3-10H,20H2,1-2H3,(H,24,25)(H,21,22,23). The third-order valence-corrected chi connectivity index (χ3v) is 3.65. The van der Waals surface area contributed by atoms with Gasteiger partial charge in [-0.15, -0.1) is 0 Å². The molecule has 2 aromatic carbocycles. The van der Waals surface area contributed by atoms with Crippen LogP contribution in [0.15, 0.2) is 48.8 Å². The number of carboxylic acid groups (broad SMARTS) is 1. The maximum absolute atomic E-state index is 10.9. The molecule has 0 radical (unpaired) electrons. The molecule has 0 saturated carbocycles. The molecule has 0 amide bonds. The average molecular weight is 350 g/mol. The molecule has 0 bridgehead atoms. The SMILES string of the molecule is Cc1cc(C)cc(Oc2ncnc(Nc3ccc(C(=O)O)cc3)c2N)c1. The normalized spacial score (nSPS) is 10.4. The fraction of sp³-hybridized carbons (Fsp3) is 0.105. The van der Waals surface area contributed by atoms with Gasteiger partial charge in [-0.25, -0.2) is 9.78 Å². The predicted molar refractivity (Wildman–Crippen MR) is 99.1 cm³/mol. The van der Waals surface area contributed by atoms with Crippen molar-refractivity contribution in [1.82, 2.24) is 9.97 Å². The Bertz CT molecular complexity index is 935. The van der Waals surface area contributed by atoms with Crippen molar-refractivity contribution in [3.05, 3.63) is 65.5 Å². The summed E-state index contributed by atoms with van der Waals surface area (Å²) in [5.41, 5.74) is 9.38. The molecule has 7 nitrogen and oxygen atoms in total. The number of ether oxygens (including phenoxy) is 1. The van der Waals surface area contributed by atoms with Crippen molar-refractivity contribution < 1.29 is 14.6 Å². The number of nitrogens with zero attached hydrogens (tertiary/aromatic N) is 2. The first-order valence-electron chi connectivity index (χ1n) is 7.89. The highest BCUT2D eigenvalue weighted by Gasteiger charge is 2.11. The number of nitrogens with two attached hydrogens (primary N) is 1. The van der Waals surface area contributed by atoms with Gasteiger partial charge in [-0.2, -0.15) is 4.98 Å². The van der Waals surface area contributed by atoms with Gasteiger partial charge in [0.1, 0.15) is 17.8 Å². The van der Waals surface area contributed by atoms with E-state index >= 15 is 0 Å². The van der Waals surface area contributed by atoms with Gasteiger partial charge in [0.05, 0.1) is 5.56 Å². The summed E-state index contributed by atoms with van der Waals surface area (Å²) < 4.78 is 5.81. The van der Waals surface area contributed by atoms with E-state index in [1.165, 1.54) is 18.5 Å². The van der Waals surface area contributed by atoms with Gasteiger partial charge < -0.3 is 20.9 Å². The number of carboxylic acids is 1. The van der Waals surface area contributed by atoms with Crippen molar-refractivity contribution in [2.45, 2.75) is 13.8 Å². The van der Waals surface area contributed by atoms with Gasteiger partial charge in [-0.3, -0.25) is 0 Å². The molecular formula is C19H18N4O3. The van der Waals surface area contributed by atoms with Crippen LogP contribution in [-0.2, 0) is 0 Å². The van der Waals surface area contributed by atoms with Crippen LogP contribution in [0.3, 0.4) is 0 Å². The second kappa shape index (κ2) is 7.10. The number of anilines is 3. The van der Waals surface area contributed by atoms with Crippen molar-refractivity contribution in [2.75, 3.05) is 11.1 Å². The first-order chi connectivity index (χ1) is 12.4. The highest BCUT2D eigenvalue weighted by atomic mass is 16.5. The molecule has 0 aliphatic heterocycles. The molecule has 7 heteroatoms. The molecule has 3 rings (SSSR count). The van der Waals surface area contributed by atoms with Crippen molar-refractivity contribution in [2.24, 2.45) is 0 Å². The lowest BCUT2D eigenvalue weighted by atomic mass is 10.1. The number of aryl methyl sites for hydroxylation is 2. The van der Waals surface area contributed by atoms with Gasteiger partial charge in [0.25, 0.3) is 0 Å². The number of aromatic nitrogens is 2. The summed E-state index contributed by atoms with van der Waals surface area (Å²) in [6.07, 6.45) is 1.35. The van der Waals surface area contributed by atoms with Gasteiger partial charge in [-0.1, -0.05) is 6.07 Å². The Morgan fingerprint density at radius 2 is 1.73 bits per heavy atom. The van der Waals surface area contributed by atoms with Gasteiger partial charge in [-0.05, 0) is 61.4 Å². The predicted octanol–water partition coefficient (Wildman–Crippen LogP) is 3.91. The van der Waals surface area contributed by atoms with E-state index in [9.17, 15) is 4.79 Å². The fourth-order valence-electron chi connectivity index (χ4n) is 2.50. The molecule has 132 valence electrons. The van der Waals surface area contributed by atoms with E-state index in [0.717, 1.165) is 11.1 Å². The van der Waals surface area contributed by atoms with Crippen LogP contribution in [0.5, 0.6) is 11.6 Å². The molecule has 26 heavy (non-hydrogen) atoms. The molecule has 0 spiro atoms. The Morgan fingerprint density at radius 1 is 1.08 bits per heavy atom. The maximum atomic E-state index is 10.9. The van der Waals surface area contributed by atoms with Gasteiger partial charge >= 0.3 is 5.97 Å². The Hall–Kier alpha value is -3.61. The van der Waals surface area contributed by atoms with E-state index in [1.807, 2.05) is 32.0 Å². The fourth-order valence-corrected chi connectivity index (χ4v) is 2.50. The van der Waals surface area contributed by atoms with E-state index < -0.39 is 5.97 Å². The van der Waals surface area contributed by atoms with E-state index in [-0.39, 0.29) is 17.1 Å². The summed E-state index contributed by atoms with van der Waals surface area (Å²) in [6, 6.07) is 12.1. The summed E-state index contributed by atoms with van der Waals surface area (Å²) in [6.45, 7) is 3.97. The third kappa shape index (κ3) is 3.89. The van der Waals surface area contributed by atoms with Crippen molar-refractivity contribution in [1.29, 1.82) is 0 Å². The minimum atomic E-state index is -0.984. The lowest BCUT2D eigenvalue weighted by Crippen LogP contribution is -2.03. The van der Waals surface area contributed by atoms with Gasteiger partial charge in [0, 0.05) is 5.69 Å². The minimum absolute atomic E-state index is 0.199. The highest BCUT2D eigenvalue weighted by Crippen LogP contribution is 2.31. The molecule has 0 aliphatic rings. The summed E-state index contributed by atoms with van der Waals surface area (Å²) in [5, 5.41) is 12.0. The lowest BCUT2D eigenvalue weighted by molar-refractivity contribution is 0.0697. The number of nitrogen functional groups attached to an aromatic ring is 1. The number of hydrogen-bond donors (Lipinski definition) is 3. The van der Waals surface area contributed by atoms with Crippen LogP contribution in [0.1, 0.15) is 21.5 Å². The summed E-state index contributed by atoms with van der Waals surface area (Å²) in [7, 11) is 0. The number of hydrogen-bond acceptors (Lipinski definition) is 6. The second-order valence-corrected chi connectivity index (χ2v) is 5.87. The van der Waals surface area contributed by atoms with Gasteiger partial charge in [0.2, 0.25) is 5.88 Å². The first kappa shape index (κ1) is 17.2. The van der Waals surface area contributed by atoms with Crippen molar-refractivity contribution in [3.8, 4) is 11.6 Å². The number of aromatic carboxylic acids is 1. The maximum Gasteiger partial charge on any atom is 0.335 e. The van der Waals surface area contributed by atoms with E-state index in [2.05, 4.69) is 15.3 Å². The summed E-state index contributed by atoms with van der Waals surface area (Å²) in [5.74, 6) is 0.281. The summed E-state index contributed by atoms with van der Waals surface area (Å²) in [4.78, 5) is 19.1. The Kier molecular flexibility index (Phi) is 4.70. The Balaban J connectivity index is 1.83. The molecule has 3 aromatic rings. The molecule has 0 saturated heterocycles. The lowest BCUT2D eigenvalue weighted by Gasteiger charge is -2.12. The molecule has 0 atom stereocenters. The zero-order valence-corrected chi connectivity index (χ0v) is 14.4. The zero-order chi connectivity index (χ0) is 18.7. The monoisotopic (exact) mass is 350 g/mol. The molecule has 1 heterocycles. The van der Waals surface area contributed by atoms with E-state index in [1.54, 1.807) is 12.1 Å². The number of nitrogens with one attached hydrogen (secondary N) is 1. The van der Waals surface area contributed by atoms with Crippen LogP contribution < -0.4 is 15.8 Å². The minimum Gasteiger partial charge on any atom is -0.478 e. The molecule has 0 unspecified atom stereocenters. The van der Waals surface area contributed by atoms with Crippen LogP contribution in [-0.4, -0.2) is 21.0 Å². The van der Waals surface area contributed by atoms with E-state index in [4.69, 9.17) is 15.6 Å². The molecule has 4 N–H and O–H groups in total. The van der Waals surface area contributed by atoms with Crippen LogP contribution in [0.2, 0.25) is 0 Å². The molecule has 1 aromatic heterocycles. The second-order valence-electron chi connectivity index (χ2n) is 5.87. The largest absolute Gasteiger partial charge is 0.478 e. The average Bonchev–Trinajstić information content (AvgIpc) is 2.58. The molecule has 0 aliphatic carbocycles. The van der Waals surface area contributed by atoms with Crippen LogP contribution >= 0.6 is 0 Å². The first-order valence-corrected chi connectivity index (χ1v) is 7.89. The molecule has 0 fully saturated rings. The number of carbonyl (C=O) groups is 1. The van der Waals surface area contributed by atoms with Crippen LogP contribution in [0.25, 0.3) is 0 Å². The van der Waals surface area contributed by atoms with Crippen LogP contribution in [0, 0.1) is 13.8 Å². The van der Waals surface area contributed by atoms with E-state index in [0.29, 0.717) is 17.3 Å². The molecular weight excluding hydrogens is 332 g/mol. The van der Waals surface area contributed by atoms with Gasteiger partial charge in [0.15, 0.2) is 5.82 Å². The summed E-state index contributed by atoms with van der Waals surface area (Å²) >= 11 is 0.